The van der Waals surface area contributed by atoms with Gasteiger partial charge < -0.3 is 14.1 Å². The number of alkyl halides is 3. The number of anilines is 1. The van der Waals surface area contributed by atoms with E-state index in [9.17, 15) is 18.0 Å². The Morgan fingerprint density at radius 3 is 2.64 bits per heavy atom. The molecule has 3 aromatic rings. The second kappa shape index (κ2) is 6.02. The lowest BCUT2D eigenvalue weighted by Gasteiger charge is -2.31. The van der Waals surface area contributed by atoms with E-state index >= 15 is 0 Å². The number of rotatable bonds is 1. The molecule has 2 heterocycles. The largest absolute Gasteiger partial charge is 0.473 e. The Kier molecular flexibility index (Phi) is 3.69. The van der Waals surface area contributed by atoms with Crippen LogP contribution in [-0.4, -0.2) is 6.73 Å². The minimum absolute atomic E-state index is 0.120. The van der Waals surface area contributed by atoms with E-state index in [4.69, 9.17) is 9.15 Å². The van der Waals surface area contributed by atoms with Gasteiger partial charge in [0.05, 0.1) is 17.7 Å². The summed E-state index contributed by atoms with van der Waals surface area (Å²) in [4.78, 5) is 14.1. The van der Waals surface area contributed by atoms with E-state index in [1.165, 1.54) is 6.07 Å². The first kappa shape index (κ1) is 17.2. The Morgan fingerprint density at radius 2 is 1.82 bits per heavy atom. The summed E-state index contributed by atoms with van der Waals surface area (Å²) in [7, 11) is 0. The zero-order valence-electron chi connectivity index (χ0n) is 14.8. The molecule has 28 heavy (non-hydrogen) atoms. The summed E-state index contributed by atoms with van der Waals surface area (Å²) in [6, 6.07) is 8.89. The van der Waals surface area contributed by atoms with Gasteiger partial charge >= 0.3 is 11.8 Å². The highest BCUT2D eigenvalue weighted by atomic mass is 19.4. The van der Waals surface area contributed by atoms with Crippen molar-refractivity contribution in [2.24, 2.45) is 0 Å². The van der Waals surface area contributed by atoms with Crippen molar-refractivity contribution in [2.75, 3.05) is 11.6 Å². The van der Waals surface area contributed by atoms with E-state index in [0.29, 0.717) is 29.1 Å². The molecule has 0 fully saturated rings. The van der Waals surface area contributed by atoms with Crippen LogP contribution in [0, 0.1) is 0 Å². The van der Waals surface area contributed by atoms with E-state index in [1.54, 1.807) is 11.0 Å². The Balaban J connectivity index is 1.60. The summed E-state index contributed by atoms with van der Waals surface area (Å²) >= 11 is 0. The fourth-order valence-corrected chi connectivity index (χ4v) is 4.10. The first-order valence-electron chi connectivity index (χ1n) is 9.07. The van der Waals surface area contributed by atoms with Crippen LogP contribution in [0.1, 0.15) is 28.7 Å². The molecule has 0 saturated heterocycles. The van der Waals surface area contributed by atoms with Crippen molar-refractivity contribution >= 4 is 16.7 Å². The van der Waals surface area contributed by atoms with Crippen molar-refractivity contribution < 1.29 is 22.3 Å². The van der Waals surface area contributed by atoms with Gasteiger partial charge in [-0.15, -0.1) is 0 Å². The van der Waals surface area contributed by atoms with E-state index in [2.05, 4.69) is 0 Å². The van der Waals surface area contributed by atoms with Gasteiger partial charge in [-0.25, -0.2) is 4.79 Å². The Labute approximate surface area is 158 Å². The van der Waals surface area contributed by atoms with Crippen LogP contribution in [0.5, 0.6) is 5.75 Å². The third-order valence-electron chi connectivity index (χ3n) is 5.47. The molecule has 0 bridgehead atoms. The molecule has 1 aliphatic heterocycles. The number of hydrogen-bond acceptors (Lipinski definition) is 4. The molecule has 0 spiro atoms. The van der Waals surface area contributed by atoms with Crippen molar-refractivity contribution in [3.8, 4) is 5.75 Å². The number of halogens is 3. The van der Waals surface area contributed by atoms with Crippen molar-refractivity contribution in [2.45, 2.75) is 32.0 Å². The minimum Gasteiger partial charge on any atom is -0.473 e. The Morgan fingerprint density at radius 1 is 1.00 bits per heavy atom. The van der Waals surface area contributed by atoms with Gasteiger partial charge in [0.25, 0.3) is 0 Å². The molecular formula is C21H16F3NO3. The number of nitrogens with zero attached hydrogens (tertiary/aromatic N) is 1. The fraction of sp³-hybridized carbons (Fsp3) is 0.286. The molecule has 144 valence electrons. The summed E-state index contributed by atoms with van der Waals surface area (Å²) < 4.78 is 50.6. The Bertz CT molecular complexity index is 1150. The molecule has 0 amide bonds. The number of hydrogen-bond donors (Lipinski definition) is 0. The summed E-state index contributed by atoms with van der Waals surface area (Å²) in [5, 5.41) is 0.889. The topological polar surface area (TPSA) is 42.7 Å². The second-order valence-corrected chi connectivity index (χ2v) is 7.14. The molecule has 0 N–H and O–H groups in total. The molecule has 1 aromatic heterocycles. The van der Waals surface area contributed by atoms with Crippen molar-refractivity contribution in [1.29, 1.82) is 0 Å². The third kappa shape index (κ3) is 2.65. The van der Waals surface area contributed by atoms with Gasteiger partial charge in [0.15, 0.2) is 6.73 Å². The van der Waals surface area contributed by atoms with E-state index < -0.39 is 11.7 Å². The summed E-state index contributed by atoms with van der Waals surface area (Å²) in [6.07, 6.45) is -1.94. The quantitative estimate of drug-likeness (QED) is 0.570. The molecule has 4 nitrogen and oxygen atoms in total. The minimum atomic E-state index is -4.41. The Hall–Kier alpha value is -2.96. The van der Waals surface area contributed by atoms with Crippen LogP contribution in [-0.2, 0) is 25.6 Å². The van der Waals surface area contributed by atoms with Gasteiger partial charge in [-0.3, -0.25) is 0 Å². The van der Waals surface area contributed by atoms with Crippen molar-refractivity contribution in [3.05, 3.63) is 69.1 Å². The summed E-state index contributed by atoms with van der Waals surface area (Å²) in [5.74, 6) is 0.594. The van der Waals surface area contributed by atoms with Gasteiger partial charge in [0.1, 0.15) is 11.3 Å². The predicted octanol–water partition coefficient (Wildman–Crippen LogP) is 4.66. The highest BCUT2D eigenvalue weighted by Gasteiger charge is 2.32. The van der Waals surface area contributed by atoms with E-state index in [0.717, 1.165) is 47.9 Å². The average Bonchev–Trinajstić information content (AvgIpc) is 3.18. The maximum Gasteiger partial charge on any atom is 0.416 e. The van der Waals surface area contributed by atoms with Crippen LogP contribution < -0.4 is 15.3 Å². The van der Waals surface area contributed by atoms with Crippen LogP contribution in [0.15, 0.2) is 45.6 Å². The maximum atomic E-state index is 13.1. The van der Waals surface area contributed by atoms with Crippen molar-refractivity contribution in [1.82, 2.24) is 0 Å². The second-order valence-electron chi connectivity index (χ2n) is 7.14. The van der Waals surface area contributed by atoms with Crippen molar-refractivity contribution in [3.63, 3.8) is 0 Å². The van der Waals surface area contributed by atoms with E-state index in [-0.39, 0.29) is 12.4 Å². The predicted molar refractivity (Wildman–Crippen MR) is 97.6 cm³/mol. The summed E-state index contributed by atoms with van der Waals surface area (Å²) in [5.41, 5.74) is 2.28. The molecule has 2 aliphatic rings. The molecule has 0 radical (unpaired) electrons. The molecule has 0 saturated carbocycles. The summed E-state index contributed by atoms with van der Waals surface area (Å²) in [6.45, 7) is 0.421. The normalized spacial score (nSPS) is 16.0. The molecule has 0 unspecified atom stereocenters. The third-order valence-corrected chi connectivity index (χ3v) is 5.47. The van der Waals surface area contributed by atoms with Gasteiger partial charge in [-0.2, -0.15) is 13.2 Å². The van der Waals surface area contributed by atoms with Crippen LogP contribution >= 0.6 is 0 Å². The van der Waals surface area contributed by atoms with Gasteiger partial charge in [-0.05, 0) is 55.2 Å². The smallest absolute Gasteiger partial charge is 0.416 e. The SMILES string of the molecule is O=c1oc2c3c(ccc2c2c1CCC2)OCN(c1cccc(C(F)(F)F)c1)C3. The molecular weight excluding hydrogens is 371 g/mol. The highest BCUT2D eigenvalue weighted by Crippen LogP contribution is 2.38. The zero-order valence-corrected chi connectivity index (χ0v) is 14.8. The van der Waals surface area contributed by atoms with Crippen LogP contribution in [0.4, 0.5) is 18.9 Å². The highest BCUT2D eigenvalue weighted by molar-refractivity contribution is 5.87. The standard InChI is InChI=1S/C21H16F3NO3/c22-21(23,24)12-3-1-4-13(9-12)25-10-17-18(27-11-25)8-7-15-14-5-2-6-16(14)20(26)28-19(15)17/h1,3-4,7-9H,2,5-6,10-11H2. The van der Waals surface area contributed by atoms with Gasteiger partial charge in [-0.1, -0.05) is 6.07 Å². The van der Waals surface area contributed by atoms with E-state index in [1.807, 2.05) is 12.1 Å². The average molecular weight is 387 g/mol. The van der Waals surface area contributed by atoms with Gasteiger partial charge in [0, 0.05) is 16.6 Å². The lowest BCUT2D eigenvalue weighted by molar-refractivity contribution is -0.137. The molecule has 1 aliphatic carbocycles. The maximum absolute atomic E-state index is 13.1. The molecule has 5 rings (SSSR count). The molecule has 2 aromatic carbocycles. The number of benzene rings is 2. The first-order valence-corrected chi connectivity index (χ1v) is 9.07. The lowest BCUT2D eigenvalue weighted by Crippen LogP contribution is -2.32. The number of fused-ring (bicyclic) bond motifs is 5. The number of ether oxygens (including phenoxy) is 1. The monoisotopic (exact) mass is 387 g/mol. The zero-order chi connectivity index (χ0) is 19.5. The van der Waals surface area contributed by atoms with Crippen LogP contribution in [0.25, 0.3) is 11.0 Å². The lowest BCUT2D eigenvalue weighted by atomic mass is 10.0. The molecule has 7 heteroatoms. The first-order chi connectivity index (χ1) is 13.4. The number of aryl methyl sites for hydroxylation is 1. The molecule has 0 atom stereocenters. The van der Waals surface area contributed by atoms with Gasteiger partial charge in [0.2, 0.25) is 0 Å². The van der Waals surface area contributed by atoms with Crippen LogP contribution in [0.2, 0.25) is 0 Å². The fourth-order valence-electron chi connectivity index (χ4n) is 4.10. The van der Waals surface area contributed by atoms with Crippen LogP contribution in [0.3, 0.4) is 0 Å².